The molecule has 0 aliphatic rings. The number of hydrogen-bond donors (Lipinski definition) is 3. The highest BCUT2D eigenvalue weighted by Crippen LogP contribution is 2.18. The van der Waals surface area contributed by atoms with Gasteiger partial charge in [0.15, 0.2) is 0 Å². The molecule has 6 heteroatoms. The number of amides is 1. The third-order valence-corrected chi connectivity index (χ3v) is 2.77. The lowest BCUT2D eigenvalue weighted by Crippen LogP contribution is -2.34. The number of carbonyl (C=O) groups excluding carboxylic acids is 1. The first kappa shape index (κ1) is 14.7. The third-order valence-electron chi connectivity index (χ3n) is 2.77. The summed E-state index contributed by atoms with van der Waals surface area (Å²) in [6, 6.07) is 0. The molecule has 0 fully saturated rings. The Bertz CT molecular complexity index is 387. The summed E-state index contributed by atoms with van der Waals surface area (Å²) < 4.78 is 1.79. The van der Waals surface area contributed by atoms with Gasteiger partial charge in [-0.25, -0.2) is 4.98 Å². The fraction of sp³-hybridized carbons (Fsp3) is 0.667. The van der Waals surface area contributed by atoms with E-state index in [9.17, 15) is 4.79 Å². The first-order valence-electron chi connectivity index (χ1n) is 6.09. The summed E-state index contributed by atoms with van der Waals surface area (Å²) in [5.41, 5.74) is 5.69. The van der Waals surface area contributed by atoms with E-state index < -0.39 is 0 Å². The molecule has 0 bridgehead atoms. The van der Waals surface area contributed by atoms with E-state index in [1.165, 1.54) is 0 Å². The predicted octanol–water partition coefficient (Wildman–Crippen LogP) is -0.0198. The quantitative estimate of drug-likeness (QED) is 0.637. The molecule has 1 aromatic rings. The maximum absolute atomic E-state index is 11.8. The minimum atomic E-state index is -0.197. The van der Waals surface area contributed by atoms with Crippen molar-refractivity contribution >= 4 is 5.91 Å². The topological polar surface area (TPSA) is 93.2 Å². The second-order valence-electron chi connectivity index (χ2n) is 5.11. The van der Waals surface area contributed by atoms with E-state index >= 15 is 0 Å². The van der Waals surface area contributed by atoms with E-state index in [1.807, 2.05) is 13.8 Å². The molecule has 4 N–H and O–H groups in total. The van der Waals surface area contributed by atoms with Gasteiger partial charge in [-0.15, -0.1) is 0 Å². The van der Waals surface area contributed by atoms with Crippen molar-refractivity contribution in [2.24, 2.45) is 11.1 Å². The van der Waals surface area contributed by atoms with Crippen LogP contribution in [-0.4, -0.2) is 40.3 Å². The van der Waals surface area contributed by atoms with Crippen LogP contribution in [0.4, 0.5) is 0 Å². The fourth-order valence-electron chi connectivity index (χ4n) is 1.55. The molecule has 0 unspecified atom stereocenters. The minimum absolute atomic E-state index is 0.119. The Morgan fingerprint density at radius 2 is 2.33 bits per heavy atom. The van der Waals surface area contributed by atoms with Crippen molar-refractivity contribution in [1.29, 1.82) is 0 Å². The zero-order valence-electron chi connectivity index (χ0n) is 11.0. The average molecular weight is 254 g/mol. The fourth-order valence-corrected chi connectivity index (χ4v) is 1.55. The SMILES string of the molecule is CC(C)(CCO)CNC(=O)c1cn(CCN)cn1. The molecule has 0 radical (unpaired) electrons. The highest BCUT2D eigenvalue weighted by atomic mass is 16.3. The second-order valence-corrected chi connectivity index (χ2v) is 5.11. The summed E-state index contributed by atoms with van der Waals surface area (Å²) in [5, 5.41) is 11.7. The van der Waals surface area contributed by atoms with Gasteiger partial charge in [-0.1, -0.05) is 13.8 Å². The molecular formula is C12H22N4O2. The molecule has 0 aliphatic carbocycles. The zero-order valence-corrected chi connectivity index (χ0v) is 11.0. The molecule has 102 valence electrons. The molecule has 1 rings (SSSR count). The molecular weight excluding hydrogens is 232 g/mol. The number of aliphatic hydroxyl groups is 1. The van der Waals surface area contributed by atoms with E-state index in [4.69, 9.17) is 10.8 Å². The molecule has 1 aromatic heterocycles. The van der Waals surface area contributed by atoms with Gasteiger partial charge in [-0.3, -0.25) is 4.79 Å². The highest BCUT2D eigenvalue weighted by Gasteiger charge is 2.19. The molecule has 0 aromatic carbocycles. The van der Waals surface area contributed by atoms with Crippen molar-refractivity contribution in [3.8, 4) is 0 Å². The maximum atomic E-state index is 11.8. The average Bonchev–Trinajstić information content (AvgIpc) is 2.75. The van der Waals surface area contributed by atoms with Crippen LogP contribution in [-0.2, 0) is 6.54 Å². The number of hydrogen-bond acceptors (Lipinski definition) is 4. The number of nitrogens with one attached hydrogen (secondary N) is 1. The smallest absolute Gasteiger partial charge is 0.271 e. The summed E-state index contributed by atoms with van der Waals surface area (Å²) in [5.74, 6) is -0.197. The summed E-state index contributed by atoms with van der Waals surface area (Å²) in [6.45, 7) is 5.79. The summed E-state index contributed by atoms with van der Waals surface area (Å²) in [4.78, 5) is 15.9. The van der Waals surface area contributed by atoms with Crippen LogP contribution in [0.5, 0.6) is 0 Å². The second kappa shape index (κ2) is 6.51. The normalized spacial score (nSPS) is 11.6. The van der Waals surface area contributed by atoms with Crippen molar-refractivity contribution in [2.45, 2.75) is 26.8 Å². The first-order valence-corrected chi connectivity index (χ1v) is 6.09. The van der Waals surface area contributed by atoms with Gasteiger partial charge in [0.1, 0.15) is 5.69 Å². The van der Waals surface area contributed by atoms with Gasteiger partial charge in [-0.05, 0) is 11.8 Å². The summed E-state index contributed by atoms with van der Waals surface area (Å²) in [7, 11) is 0. The highest BCUT2D eigenvalue weighted by molar-refractivity contribution is 5.92. The Kier molecular flexibility index (Phi) is 5.30. The van der Waals surface area contributed by atoms with Gasteiger partial charge in [-0.2, -0.15) is 0 Å². The van der Waals surface area contributed by atoms with Crippen LogP contribution in [0.25, 0.3) is 0 Å². The minimum Gasteiger partial charge on any atom is -0.396 e. The molecule has 0 saturated carbocycles. The van der Waals surface area contributed by atoms with Crippen LogP contribution in [0.3, 0.4) is 0 Å². The lowest BCUT2D eigenvalue weighted by molar-refractivity contribution is 0.0923. The largest absolute Gasteiger partial charge is 0.396 e. The van der Waals surface area contributed by atoms with Gasteiger partial charge in [0, 0.05) is 32.4 Å². The van der Waals surface area contributed by atoms with E-state index in [-0.39, 0.29) is 17.9 Å². The van der Waals surface area contributed by atoms with Gasteiger partial charge in [0.2, 0.25) is 0 Å². The molecule has 6 nitrogen and oxygen atoms in total. The summed E-state index contributed by atoms with van der Waals surface area (Å²) >= 11 is 0. The maximum Gasteiger partial charge on any atom is 0.271 e. The van der Waals surface area contributed by atoms with E-state index in [2.05, 4.69) is 10.3 Å². The third kappa shape index (κ3) is 4.46. The summed E-state index contributed by atoms with van der Waals surface area (Å²) in [6.07, 6.45) is 3.93. The first-order chi connectivity index (χ1) is 8.48. The predicted molar refractivity (Wildman–Crippen MR) is 69.1 cm³/mol. The van der Waals surface area contributed by atoms with E-state index in [0.29, 0.717) is 31.7 Å². The molecule has 18 heavy (non-hydrogen) atoms. The van der Waals surface area contributed by atoms with Crippen molar-refractivity contribution in [1.82, 2.24) is 14.9 Å². The number of aromatic nitrogens is 2. The Balaban J connectivity index is 2.49. The zero-order chi connectivity index (χ0) is 13.6. The van der Waals surface area contributed by atoms with Crippen molar-refractivity contribution in [3.05, 3.63) is 18.2 Å². The lowest BCUT2D eigenvalue weighted by atomic mass is 9.90. The number of rotatable bonds is 7. The molecule has 0 spiro atoms. The van der Waals surface area contributed by atoms with Crippen molar-refractivity contribution in [3.63, 3.8) is 0 Å². The van der Waals surface area contributed by atoms with Crippen LogP contribution < -0.4 is 11.1 Å². The van der Waals surface area contributed by atoms with Crippen LogP contribution in [0.1, 0.15) is 30.8 Å². The van der Waals surface area contributed by atoms with Crippen molar-refractivity contribution in [2.75, 3.05) is 19.7 Å². The van der Waals surface area contributed by atoms with Crippen LogP contribution in [0.15, 0.2) is 12.5 Å². The number of imidazole rings is 1. The molecule has 1 amide bonds. The van der Waals surface area contributed by atoms with E-state index in [1.54, 1.807) is 17.1 Å². The van der Waals surface area contributed by atoms with Crippen LogP contribution >= 0.6 is 0 Å². The Morgan fingerprint density at radius 1 is 1.61 bits per heavy atom. The Morgan fingerprint density at radius 3 is 2.94 bits per heavy atom. The van der Waals surface area contributed by atoms with E-state index in [0.717, 1.165) is 0 Å². The number of nitrogens with zero attached hydrogens (tertiary/aromatic N) is 2. The molecule has 0 saturated heterocycles. The standard InChI is InChI=1S/C12H22N4O2/c1-12(2,3-6-17)8-14-11(18)10-7-16(5-4-13)9-15-10/h7,9,17H,3-6,8,13H2,1-2H3,(H,14,18). The monoisotopic (exact) mass is 254 g/mol. The molecule has 0 aliphatic heterocycles. The Hall–Kier alpha value is -1.40. The number of carbonyl (C=O) groups is 1. The number of nitrogens with two attached hydrogens (primary N) is 1. The van der Waals surface area contributed by atoms with Gasteiger partial charge >= 0.3 is 0 Å². The van der Waals surface area contributed by atoms with Gasteiger partial charge in [0.25, 0.3) is 5.91 Å². The van der Waals surface area contributed by atoms with Crippen LogP contribution in [0, 0.1) is 5.41 Å². The Labute approximate surface area is 107 Å². The molecule has 1 heterocycles. The van der Waals surface area contributed by atoms with Gasteiger partial charge < -0.3 is 20.7 Å². The van der Waals surface area contributed by atoms with Crippen molar-refractivity contribution < 1.29 is 9.90 Å². The van der Waals surface area contributed by atoms with Gasteiger partial charge in [0.05, 0.1) is 6.33 Å². The lowest BCUT2D eigenvalue weighted by Gasteiger charge is -2.23. The molecule has 0 atom stereocenters. The number of aliphatic hydroxyl groups excluding tert-OH is 1. The van der Waals surface area contributed by atoms with Crippen LogP contribution in [0.2, 0.25) is 0 Å².